The molecule has 1 saturated carbocycles. The number of primary amides is 1. The molecule has 9 nitrogen and oxygen atoms in total. The number of carbonyl (C=O) groups excluding carboxylic acids is 2. The van der Waals surface area contributed by atoms with E-state index in [4.69, 9.17) is 15.2 Å². The zero-order chi connectivity index (χ0) is 23.5. The Kier molecular flexibility index (Phi) is 6.21. The first-order valence-electron chi connectivity index (χ1n) is 10.7. The van der Waals surface area contributed by atoms with Gasteiger partial charge in [-0.25, -0.2) is 14.4 Å². The molecule has 1 aliphatic rings. The van der Waals surface area contributed by atoms with Gasteiger partial charge >= 0.3 is 18.1 Å². The lowest BCUT2D eigenvalue weighted by atomic mass is 10.0. The Morgan fingerprint density at radius 2 is 1.88 bits per heavy atom. The summed E-state index contributed by atoms with van der Waals surface area (Å²) in [7, 11) is 1.47. The van der Waals surface area contributed by atoms with Crippen molar-refractivity contribution in [1.82, 2.24) is 4.57 Å². The van der Waals surface area contributed by atoms with Gasteiger partial charge in [-0.2, -0.15) is 0 Å². The molecule has 1 heterocycles. The molecule has 0 bridgehead atoms. The first-order chi connectivity index (χ1) is 15.9. The summed E-state index contributed by atoms with van der Waals surface area (Å²) < 4.78 is 12.2. The molecule has 0 radical (unpaired) electrons. The van der Waals surface area contributed by atoms with E-state index in [9.17, 15) is 19.5 Å². The number of aromatic carboxylic acids is 1. The van der Waals surface area contributed by atoms with E-state index in [1.807, 2.05) is 0 Å². The number of carboxylic acids is 1. The number of ether oxygens (including phenoxy) is 2. The number of methoxy groups -OCH3 is 1. The largest absolute Gasteiger partial charge is 0.496 e. The number of benzene rings is 2. The molecular formula is C24H25N3O6. The Bertz CT molecular complexity index is 1230. The van der Waals surface area contributed by atoms with Crippen LogP contribution in [-0.4, -0.2) is 41.0 Å². The van der Waals surface area contributed by atoms with Gasteiger partial charge in [0.25, 0.3) is 0 Å². The third-order valence-electron chi connectivity index (χ3n) is 5.86. The van der Waals surface area contributed by atoms with E-state index in [2.05, 4.69) is 5.32 Å². The lowest BCUT2D eigenvalue weighted by molar-refractivity contribution is 0.0696. The highest BCUT2D eigenvalue weighted by atomic mass is 16.6. The number of nitrogens with zero attached hydrogens (tertiary/aromatic N) is 1. The maximum atomic E-state index is 12.3. The van der Waals surface area contributed by atoms with Crippen molar-refractivity contribution in [1.29, 1.82) is 0 Å². The van der Waals surface area contributed by atoms with Crippen LogP contribution >= 0.6 is 0 Å². The molecule has 0 aliphatic heterocycles. The van der Waals surface area contributed by atoms with Crippen molar-refractivity contribution in [2.75, 3.05) is 12.4 Å². The SMILES string of the molecule is COc1cc(C(=O)O)ccc1Cc1cn(C(N)=O)c2ccc(NC(=O)OC3CCCC3)cc12. The summed E-state index contributed by atoms with van der Waals surface area (Å²) >= 11 is 0. The molecule has 172 valence electrons. The van der Waals surface area contributed by atoms with Crippen molar-refractivity contribution in [2.45, 2.75) is 38.2 Å². The Morgan fingerprint density at radius 1 is 1.12 bits per heavy atom. The third-order valence-corrected chi connectivity index (χ3v) is 5.86. The van der Waals surface area contributed by atoms with Crippen LogP contribution in [0.5, 0.6) is 5.75 Å². The van der Waals surface area contributed by atoms with Gasteiger partial charge in [0.05, 0.1) is 18.2 Å². The van der Waals surface area contributed by atoms with E-state index in [1.54, 1.807) is 30.5 Å². The predicted octanol–water partition coefficient (Wildman–Crippen LogP) is 4.36. The topological polar surface area (TPSA) is 133 Å². The molecule has 2 aromatic carbocycles. The van der Waals surface area contributed by atoms with Gasteiger partial charge in [-0.05, 0) is 67.1 Å². The summed E-state index contributed by atoms with van der Waals surface area (Å²) in [5.41, 5.74) is 8.29. The van der Waals surface area contributed by atoms with Crippen LogP contribution in [0.3, 0.4) is 0 Å². The monoisotopic (exact) mass is 451 g/mol. The first kappa shape index (κ1) is 22.2. The summed E-state index contributed by atoms with van der Waals surface area (Å²) in [6.07, 6.45) is 5.30. The van der Waals surface area contributed by atoms with E-state index in [-0.39, 0.29) is 11.7 Å². The summed E-state index contributed by atoms with van der Waals surface area (Å²) in [6, 6.07) is 9.15. The number of anilines is 1. The number of nitrogens with one attached hydrogen (secondary N) is 1. The Balaban J connectivity index is 1.65. The molecule has 1 aromatic heterocycles. The standard InChI is InChI=1S/C24H25N3O6/c1-32-21-11-15(22(28)29)7-6-14(21)10-16-13-27(23(25)30)20-9-8-17(12-19(16)20)26-24(31)33-18-4-2-3-5-18/h6-9,11-13,18H,2-5,10H2,1H3,(H2,25,30)(H,26,31)(H,28,29). The molecule has 1 aliphatic carbocycles. The van der Waals surface area contributed by atoms with Crippen molar-refractivity contribution >= 4 is 34.7 Å². The number of fused-ring (bicyclic) bond motifs is 1. The fourth-order valence-electron chi connectivity index (χ4n) is 4.23. The second kappa shape index (κ2) is 9.23. The molecule has 9 heteroatoms. The van der Waals surface area contributed by atoms with E-state index < -0.39 is 18.1 Å². The molecule has 1 fully saturated rings. The maximum Gasteiger partial charge on any atom is 0.411 e. The van der Waals surface area contributed by atoms with Crippen LogP contribution in [0.2, 0.25) is 0 Å². The van der Waals surface area contributed by atoms with Gasteiger partial charge < -0.3 is 20.3 Å². The van der Waals surface area contributed by atoms with Crippen LogP contribution in [0, 0.1) is 0 Å². The predicted molar refractivity (Wildman–Crippen MR) is 122 cm³/mol. The number of hydrogen-bond acceptors (Lipinski definition) is 5. The first-order valence-corrected chi connectivity index (χ1v) is 10.7. The molecule has 3 aromatic rings. The third kappa shape index (κ3) is 4.77. The van der Waals surface area contributed by atoms with E-state index >= 15 is 0 Å². The van der Waals surface area contributed by atoms with Crippen LogP contribution in [0.25, 0.3) is 10.9 Å². The fourth-order valence-corrected chi connectivity index (χ4v) is 4.23. The Hall–Kier alpha value is -4.01. The maximum absolute atomic E-state index is 12.3. The Labute approximate surface area is 190 Å². The summed E-state index contributed by atoms with van der Waals surface area (Å²) in [6.45, 7) is 0. The molecule has 33 heavy (non-hydrogen) atoms. The number of amides is 2. The highest BCUT2D eigenvalue weighted by Crippen LogP contribution is 2.30. The average molecular weight is 451 g/mol. The molecule has 0 saturated heterocycles. The smallest absolute Gasteiger partial charge is 0.411 e. The number of aromatic nitrogens is 1. The quantitative estimate of drug-likeness (QED) is 0.510. The molecule has 2 amide bonds. The molecular weight excluding hydrogens is 426 g/mol. The number of rotatable bonds is 6. The number of nitrogens with two attached hydrogens (primary N) is 1. The summed E-state index contributed by atoms with van der Waals surface area (Å²) in [4.78, 5) is 35.5. The van der Waals surface area contributed by atoms with Gasteiger partial charge in [0.15, 0.2) is 0 Å². The van der Waals surface area contributed by atoms with E-state index in [1.165, 1.54) is 23.8 Å². The molecule has 0 atom stereocenters. The lowest BCUT2D eigenvalue weighted by Gasteiger charge is -2.12. The minimum atomic E-state index is -1.05. The van der Waals surface area contributed by atoms with Crippen LogP contribution in [0.4, 0.5) is 15.3 Å². The zero-order valence-electron chi connectivity index (χ0n) is 18.2. The highest BCUT2D eigenvalue weighted by molar-refractivity contribution is 5.97. The van der Waals surface area contributed by atoms with Crippen molar-refractivity contribution in [3.8, 4) is 5.75 Å². The number of carboxylic acid groups (broad SMARTS) is 1. The minimum Gasteiger partial charge on any atom is -0.496 e. The molecule has 0 spiro atoms. The molecule has 4 rings (SSSR count). The normalized spacial score (nSPS) is 13.7. The van der Waals surface area contributed by atoms with Crippen LogP contribution in [0.1, 0.15) is 47.2 Å². The van der Waals surface area contributed by atoms with E-state index in [0.29, 0.717) is 23.4 Å². The van der Waals surface area contributed by atoms with Crippen molar-refractivity contribution < 1.29 is 29.0 Å². The summed E-state index contributed by atoms with van der Waals surface area (Å²) in [5.74, 6) is -0.630. The molecule has 4 N–H and O–H groups in total. The van der Waals surface area contributed by atoms with Crippen LogP contribution < -0.4 is 15.8 Å². The van der Waals surface area contributed by atoms with Gasteiger partial charge in [-0.3, -0.25) is 9.88 Å². The van der Waals surface area contributed by atoms with Gasteiger partial charge in [-0.15, -0.1) is 0 Å². The van der Waals surface area contributed by atoms with Gasteiger partial charge in [0.2, 0.25) is 0 Å². The summed E-state index contributed by atoms with van der Waals surface area (Å²) in [5, 5.41) is 12.7. The molecule has 0 unspecified atom stereocenters. The number of hydrogen-bond donors (Lipinski definition) is 3. The number of carbonyl (C=O) groups is 3. The van der Waals surface area contributed by atoms with Crippen molar-refractivity contribution in [3.63, 3.8) is 0 Å². The van der Waals surface area contributed by atoms with Crippen LogP contribution in [-0.2, 0) is 11.2 Å². The average Bonchev–Trinajstić information content (AvgIpc) is 3.41. The van der Waals surface area contributed by atoms with Gasteiger partial charge in [0.1, 0.15) is 11.9 Å². The Morgan fingerprint density at radius 3 is 2.55 bits per heavy atom. The highest BCUT2D eigenvalue weighted by Gasteiger charge is 2.20. The van der Waals surface area contributed by atoms with Gasteiger partial charge in [-0.1, -0.05) is 6.07 Å². The van der Waals surface area contributed by atoms with Crippen molar-refractivity contribution in [2.24, 2.45) is 5.73 Å². The van der Waals surface area contributed by atoms with E-state index in [0.717, 1.165) is 42.2 Å². The van der Waals surface area contributed by atoms with Crippen LogP contribution in [0.15, 0.2) is 42.6 Å². The lowest BCUT2D eigenvalue weighted by Crippen LogP contribution is -2.20. The zero-order valence-corrected chi connectivity index (χ0v) is 18.2. The van der Waals surface area contributed by atoms with Gasteiger partial charge in [0, 0.05) is 23.7 Å². The second-order valence-corrected chi connectivity index (χ2v) is 8.04. The fraction of sp³-hybridized carbons (Fsp3) is 0.292. The van der Waals surface area contributed by atoms with Crippen molar-refractivity contribution in [3.05, 3.63) is 59.3 Å². The minimum absolute atomic E-state index is 0.0542. The second-order valence-electron chi connectivity index (χ2n) is 8.04.